The predicted octanol–water partition coefficient (Wildman–Crippen LogP) is 5.52. The number of likely N-dealkylation sites (tertiary alicyclic amines) is 1. The highest BCUT2D eigenvalue weighted by atomic mass is 32.1. The van der Waals surface area contributed by atoms with Crippen LogP contribution in [0, 0.1) is 6.92 Å². The summed E-state index contributed by atoms with van der Waals surface area (Å²) in [6.07, 6.45) is 6.27. The lowest BCUT2D eigenvalue weighted by Gasteiger charge is -2.41. The van der Waals surface area contributed by atoms with Gasteiger partial charge in [-0.3, -0.25) is 0 Å². The Kier molecular flexibility index (Phi) is 7.68. The third-order valence-electron chi connectivity index (χ3n) is 6.97. The number of methoxy groups -OCH3 is 2. The minimum Gasteiger partial charge on any atom is -0.473 e. The summed E-state index contributed by atoms with van der Waals surface area (Å²) < 4.78 is 16.9. The Morgan fingerprint density at radius 3 is 2.53 bits per heavy atom. The van der Waals surface area contributed by atoms with E-state index < -0.39 is 0 Å². The first kappa shape index (κ1) is 23.1. The highest BCUT2D eigenvalue weighted by molar-refractivity contribution is 7.13. The molecule has 1 aliphatic carbocycles. The number of ether oxygens (including phenoxy) is 3. The van der Waals surface area contributed by atoms with Gasteiger partial charge < -0.3 is 19.1 Å². The third kappa shape index (κ3) is 5.09. The first-order chi connectivity index (χ1) is 15.6. The molecule has 2 atom stereocenters. The number of aryl methyl sites for hydroxylation is 1. The topological polar surface area (TPSA) is 60.9 Å². The van der Waals surface area contributed by atoms with Gasteiger partial charge in [0.15, 0.2) is 0 Å². The highest BCUT2D eigenvalue weighted by Gasteiger charge is 2.39. The molecule has 0 N–H and O–H groups in total. The van der Waals surface area contributed by atoms with Crippen LogP contribution in [-0.2, 0) is 9.47 Å². The lowest BCUT2D eigenvalue weighted by molar-refractivity contribution is -0.0242. The summed E-state index contributed by atoms with van der Waals surface area (Å²) in [7, 11) is 3.10. The van der Waals surface area contributed by atoms with Crippen molar-refractivity contribution in [2.75, 3.05) is 27.4 Å². The second-order valence-corrected chi connectivity index (χ2v) is 9.99. The molecule has 1 saturated carbocycles. The fourth-order valence-electron chi connectivity index (χ4n) is 5.26. The zero-order valence-electron chi connectivity index (χ0n) is 19.3. The van der Waals surface area contributed by atoms with Crippen LogP contribution in [0.5, 0.6) is 5.19 Å². The van der Waals surface area contributed by atoms with Gasteiger partial charge in [0.1, 0.15) is 0 Å². The molecule has 1 saturated heterocycles. The van der Waals surface area contributed by atoms with Crippen LogP contribution >= 0.6 is 11.3 Å². The van der Waals surface area contributed by atoms with Gasteiger partial charge in [-0.1, -0.05) is 41.7 Å². The van der Waals surface area contributed by atoms with Gasteiger partial charge in [0.25, 0.3) is 5.19 Å². The van der Waals surface area contributed by atoms with Crippen molar-refractivity contribution < 1.29 is 19.0 Å². The SMILES string of the molecule is COC(=O)N1CCC[C@H](c2nc(OC)sc2C)[C@@H]1COC1CCC(c2ccccc2)CC1. The first-order valence-corrected chi connectivity index (χ1v) is 12.4. The second kappa shape index (κ2) is 10.7. The van der Waals surface area contributed by atoms with Crippen LogP contribution < -0.4 is 4.74 Å². The van der Waals surface area contributed by atoms with Crippen LogP contribution in [0.15, 0.2) is 30.3 Å². The molecule has 1 aromatic carbocycles. The largest absolute Gasteiger partial charge is 0.473 e. The standard InChI is InChI=1S/C25H34N2O4S/c1-17-23(26-24(29-2)32-17)21-10-7-15-27(25(28)30-3)22(21)16-31-20-13-11-19(12-14-20)18-8-5-4-6-9-18/h4-6,8-9,19-22H,7,10-16H2,1-3H3/t19?,20?,21-,22-/m0/s1. The molecule has 2 heterocycles. The maximum absolute atomic E-state index is 12.6. The van der Waals surface area contributed by atoms with Crippen molar-refractivity contribution in [3.63, 3.8) is 0 Å². The Morgan fingerprint density at radius 2 is 1.88 bits per heavy atom. The minimum absolute atomic E-state index is 0.0754. The van der Waals surface area contributed by atoms with Gasteiger partial charge in [0.05, 0.1) is 38.7 Å². The van der Waals surface area contributed by atoms with E-state index in [0.717, 1.165) is 49.1 Å². The third-order valence-corrected chi connectivity index (χ3v) is 7.92. The van der Waals surface area contributed by atoms with Crippen molar-refractivity contribution in [3.8, 4) is 5.19 Å². The molecule has 4 rings (SSSR count). The van der Waals surface area contributed by atoms with Crippen molar-refractivity contribution in [2.45, 2.75) is 69.4 Å². The molecule has 6 nitrogen and oxygen atoms in total. The van der Waals surface area contributed by atoms with E-state index in [9.17, 15) is 4.79 Å². The molecule has 1 aromatic heterocycles. The smallest absolute Gasteiger partial charge is 0.409 e. The molecule has 2 aliphatic rings. The molecule has 0 unspecified atom stereocenters. The van der Waals surface area contributed by atoms with E-state index >= 15 is 0 Å². The van der Waals surface area contributed by atoms with Gasteiger partial charge in [0, 0.05) is 17.3 Å². The van der Waals surface area contributed by atoms with E-state index in [1.54, 1.807) is 18.4 Å². The molecule has 2 aromatic rings. The second-order valence-electron chi connectivity index (χ2n) is 8.82. The lowest BCUT2D eigenvalue weighted by Crippen LogP contribution is -2.50. The summed E-state index contributed by atoms with van der Waals surface area (Å²) in [5.41, 5.74) is 2.46. The number of nitrogens with zero attached hydrogens (tertiary/aromatic N) is 2. The van der Waals surface area contributed by atoms with Crippen LogP contribution in [0.25, 0.3) is 0 Å². The quantitative estimate of drug-likeness (QED) is 0.571. The zero-order valence-corrected chi connectivity index (χ0v) is 20.1. The number of aromatic nitrogens is 1. The number of piperidine rings is 1. The fraction of sp³-hybridized carbons (Fsp3) is 0.600. The average molecular weight is 459 g/mol. The summed E-state index contributed by atoms with van der Waals surface area (Å²) in [4.78, 5) is 20.3. The van der Waals surface area contributed by atoms with Crippen molar-refractivity contribution in [2.24, 2.45) is 0 Å². The Bertz CT molecular complexity index is 879. The van der Waals surface area contributed by atoms with E-state index in [2.05, 4.69) is 37.3 Å². The van der Waals surface area contributed by atoms with E-state index in [1.165, 1.54) is 12.7 Å². The number of benzene rings is 1. The number of hydrogen-bond acceptors (Lipinski definition) is 6. The molecule has 0 bridgehead atoms. The van der Waals surface area contributed by atoms with E-state index in [-0.39, 0.29) is 24.2 Å². The van der Waals surface area contributed by atoms with Crippen LogP contribution in [0.3, 0.4) is 0 Å². The average Bonchev–Trinajstić information content (AvgIpc) is 3.23. The van der Waals surface area contributed by atoms with Crippen LogP contribution in [0.2, 0.25) is 0 Å². The first-order valence-electron chi connectivity index (χ1n) is 11.6. The van der Waals surface area contributed by atoms with Crippen molar-refractivity contribution in [1.82, 2.24) is 9.88 Å². The van der Waals surface area contributed by atoms with Crippen molar-refractivity contribution in [3.05, 3.63) is 46.5 Å². The monoisotopic (exact) mass is 458 g/mol. The summed E-state index contributed by atoms with van der Waals surface area (Å²) in [6.45, 7) is 3.29. The molecule has 7 heteroatoms. The van der Waals surface area contributed by atoms with Gasteiger partial charge in [-0.05, 0) is 56.9 Å². The van der Waals surface area contributed by atoms with Gasteiger partial charge in [-0.25, -0.2) is 9.78 Å². The molecule has 0 spiro atoms. The fourth-order valence-corrected chi connectivity index (χ4v) is 6.05. The molecule has 1 aliphatic heterocycles. The van der Waals surface area contributed by atoms with E-state index in [1.807, 2.05) is 4.90 Å². The minimum atomic E-state index is -0.282. The van der Waals surface area contributed by atoms with Crippen LogP contribution in [0.4, 0.5) is 4.79 Å². The van der Waals surface area contributed by atoms with Crippen LogP contribution in [-0.4, -0.2) is 55.5 Å². The molecule has 174 valence electrons. The maximum atomic E-state index is 12.6. The normalized spacial score (nSPS) is 26.0. The van der Waals surface area contributed by atoms with Gasteiger partial charge in [-0.15, -0.1) is 0 Å². The summed E-state index contributed by atoms with van der Waals surface area (Å²) in [5, 5.41) is 0.673. The predicted molar refractivity (Wildman–Crippen MR) is 126 cm³/mol. The number of thiazole rings is 1. The highest BCUT2D eigenvalue weighted by Crippen LogP contribution is 2.39. The molecular formula is C25H34N2O4S. The Labute approximate surface area is 194 Å². The van der Waals surface area contributed by atoms with Gasteiger partial charge in [0.2, 0.25) is 0 Å². The van der Waals surface area contributed by atoms with Gasteiger partial charge >= 0.3 is 6.09 Å². The molecule has 2 fully saturated rings. The van der Waals surface area contributed by atoms with E-state index in [0.29, 0.717) is 24.3 Å². The molecule has 0 radical (unpaired) electrons. The number of carbonyl (C=O) groups excluding carboxylic acids is 1. The summed E-state index contributed by atoms with van der Waals surface area (Å²) in [6, 6.07) is 10.7. The number of hydrogen-bond donors (Lipinski definition) is 0. The van der Waals surface area contributed by atoms with Crippen LogP contribution in [0.1, 0.15) is 66.5 Å². The summed E-state index contributed by atoms with van der Waals surface area (Å²) >= 11 is 1.56. The molecule has 32 heavy (non-hydrogen) atoms. The maximum Gasteiger partial charge on any atom is 0.409 e. The molecule has 1 amide bonds. The number of rotatable bonds is 6. The lowest BCUT2D eigenvalue weighted by atomic mass is 9.82. The van der Waals surface area contributed by atoms with Gasteiger partial charge in [-0.2, -0.15) is 0 Å². The van der Waals surface area contributed by atoms with E-state index in [4.69, 9.17) is 19.2 Å². The summed E-state index contributed by atoms with van der Waals surface area (Å²) in [5.74, 6) is 0.749. The molecular weight excluding hydrogens is 424 g/mol. The van der Waals surface area contributed by atoms with Crippen molar-refractivity contribution in [1.29, 1.82) is 0 Å². The number of amides is 1. The number of carbonyl (C=O) groups is 1. The Hall–Kier alpha value is -2.12. The van der Waals surface area contributed by atoms with Crippen molar-refractivity contribution >= 4 is 17.4 Å². The Morgan fingerprint density at radius 1 is 1.12 bits per heavy atom. The Balaban J connectivity index is 1.43. The zero-order chi connectivity index (χ0) is 22.5.